The molecule has 0 aromatic heterocycles. The number of rotatable bonds is 9. The van der Waals surface area contributed by atoms with Crippen molar-refractivity contribution in [2.75, 3.05) is 0 Å². The van der Waals surface area contributed by atoms with Crippen molar-refractivity contribution >= 4 is 5.91 Å². The molecule has 0 aliphatic carbocycles. The summed E-state index contributed by atoms with van der Waals surface area (Å²) in [6.07, 6.45) is 10.3. The Labute approximate surface area is 135 Å². The van der Waals surface area contributed by atoms with Crippen LogP contribution >= 0.6 is 0 Å². The van der Waals surface area contributed by atoms with Gasteiger partial charge in [0, 0.05) is 5.57 Å². The quantitative estimate of drug-likeness (QED) is 0.511. The first kappa shape index (κ1) is 20.2. The molecule has 0 saturated carbocycles. The van der Waals surface area contributed by atoms with Gasteiger partial charge in [-0.3, -0.25) is 4.79 Å². The van der Waals surface area contributed by atoms with Gasteiger partial charge in [0.15, 0.2) is 0 Å². The Kier molecular flexibility index (Phi) is 11.9. The van der Waals surface area contributed by atoms with E-state index in [1.165, 1.54) is 44.9 Å². The second kappa shape index (κ2) is 12.9. The van der Waals surface area contributed by atoms with Crippen LogP contribution in [0.15, 0.2) is 36.4 Å². The van der Waals surface area contributed by atoms with Crippen molar-refractivity contribution < 1.29 is 9.90 Å². The number of unbranched alkanes of at least 4 members (excludes halogenated alkanes) is 6. The smallest absolute Gasteiger partial charge is 0.243 e. The molecular formula is C19H31NO2. The summed E-state index contributed by atoms with van der Waals surface area (Å²) in [7, 11) is 0. The number of aromatic hydroxyl groups is 1. The third-order valence-electron chi connectivity index (χ3n) is 3.46. The SMILES string of the molecule is C=C(C)C(N)=O.CCCCCCCCCc1ccccc1O. The lowest BCUT2D eigenvalue weighted by Gasteiger charge is -2.04. The molecule has 3 N–H and O–H groups in total. The molecule has 0 fully saturated rings. The Bertz CT molecular complexity index is 429. The Morgan fingerprint density at radius 1 is 1.09 bits per heavy atom. The molecule has 0 spiro atoms. The zero-order valence-corrected chi connectivity index (χ0v) is 14.1. The van der Waals surface area contributed by atoms with Crippen LogP contribution in [0.25, 0.3) is 0 Å². The van der Waals surface area contributed by atoms with E-state index >= 15 is 0 Å². The maximum Gasteiger partial charge on any atom is 0.243 e. The van der Waals surface area contributed by atoms with E-state index in [4.69, 9.17) is 5.73 Å². The van der Waals surface area contributed by atoms with Crippen LogP contribution in [0.5, 0.6) is 5.75 Å². The number of phenolic OH excluding ortho intramolecular Hbond substituents is 1. The number of carbonyl (C=O) groups excluding carboxylic acids is 1. The third kappa shape index (κ3) is 11.0. The highest BCUT2D eigenvalue weighted by Gasteiger charge is 1.98. The highest BCUT2D eigenvalue weighted by atomic mass is 16.3. The normalized spacial score (nSPS) is 9.73. The summed E-state index contributed by atoms with van der Waals surface area (Å²) in [6.45, 7) is 7.10. The van der Waals surface area contributed by atoms with Gasteiger partial charge in [-0.2, -0.15) is 0 Å². The number of hydrogen-bond donors (Lipinski definition) is 2. The van der Waals surface area contributed by atoms with E-state index in [0.29, 0.717) is 11.3 Å². The summed E-state index contributed by atoms with van der Waals surface area (Å²) < 4.78 is 0. The fraction of sp³-hybridized carbons (Fsp3) is 0.526. The van der Waals surface area contributed by atoms with Gasteiger partial charge in [0.1, 0.15) is 5.75 Å². The molecule has 0 aliphatic rings. The zero-order valence-electron chi connectivity index (χ0n) is 14.1. The summed E-state index contributed by atoms with van der Waals surface area (Å²) in [4.78, 5) is 9.82. The molecule has 124 valence electrons. The molecule has 0 heterocycles. The van der Waals surface area contributed by atoms with E-state index in [2.05, 4.69) is 13.5 Å². The highest BCUT2D eigenvalue weighted by Crippen LogP contribution is 2.18. The van der Waals surface area contributed by atoms with Crippen LogP contribution < -0.4 is 5.73 Å². The maximum absolute atomic E-state index is 9.82. The fourth-order valence-electron chi connectivity index (χ4n) is 1.99. The second-order valence-corrected chi connectivity index (χ2v) is 5.64. The zero-order chi connectivity index (χ0) is 16.8. The number of aryl methyl sites for hydroxylation is 1. The minimum atomic E-state index is -0.435. The summed E-state index contributed by atoms with van der Waals surface area (Å²) >= 11 is 0. The van der Waals surface area contributed by atoms with Gasteiger partial charge in [-0.05, 0) is 31.4 Å². The third-order valence-corrected chi connectivity index (χ3v) is 3.46. The van der Waals surface area contributed by atoms with E-state index < -0.39 is 5.91 Å². The van der Waals surface area contributed by atoms with Gasteiger partial charge >= 0.3 is 0 Å². The van der Waals surface area contributed by atoms with Crippen LogP contribution in [0.1, 0.15) is 64.4 Å². The van der Waals surface area contributed by atoms with Crippen LogP contribution in [0, 0.1) is 0 Å². The van der Waals surface area contributed by atoms with Gasteiger partial charge in [0.05, 0.1) is 0 Å². The molecule has 0 aliphatic heterocycles. The molecule has 1 aromatic carbocycles. The predicted molar refractivity (Wildman–Crippen MR) is 93.8 cm³/mol. The van der Waals surface area contributed by atoms with Crippen molar-refractivity contribution in [3.8, 4) is 5.75 Å². The number of nitrogens with two attached hydrogens (primary N) is 1. The monoisotopic (exact) mass is 305 g/mol. The molecule has 3 nitrogen and oxygen atoms in total. The Hall–Kier alpha value is -1.77. The largest absolute Gasteiger partial charge is 0.508 e. The van der Waals surface area contributed by atoms with E-state index in [-0.39, 0.29) is 0 Å². The lowest BCUT2D eigenvalue weighted by Crippen LogP contribution is -2.10. The van der Waals surface area contributed by atoms with Crippen molar-refractivity contribution in [2.24, 2.45) is 5.73 Å². The number of amides is 1. The van der Waals surface area contributed by atoms with Crippen molar-refractivity contribution in [1.29, 1.82) is 0 Å². The number of benzene rings is 1. The average molecular weight is 305 g/mol. The van der Waals surface area contributed by atoms with Crippen LogP contribution in [0.2, 0.25) is 0 Å². The number of primary amides is 1. The summed E-state index contributed by atoms with van der Waals surface area (Å²) in [5.41, 5.74) is 6.19. The molecular weight excluding hydrogens is 274 g/mol. The number of hydrogen-bond acceptors (Lipinski definition) is 2. The molecule has 0 bridgehead atoms. The minimum absolute atomic E-state index is 0.398. The van der Waals surface area contributed by atoms with Crippen LogP contribution in [-0.2, 0) is 11.2 Å². The molecule has 0 unspecified atom stereocenters. The molecule has 1 aromatic rings. The Morgan fingerprint density at radius 3 is 2.09 bits per heavy atom. The lowest BCUT2D eigenvalue weighted by molar-refractivity contribution is -0.114. The molecule has 1 amide bonds. The standard InChI is InChI=1S/C15H24O.C4H7NO/c1-2-3-4-5-6-7-8-11-14-12-9-10-13-15(14)16;1-3(2)4(5)6/h9-10,12-13,16H,2-8,11H2,1H3;1H2,2H3,(H2,5,6). The molecule has 0 atom stereocenters. The van der Waals surface area contributed by atoms with E-state index in [0.717, 1.165) is 12.0 Å². The first-order valence-electron chi connectivity index (χ1n) is 8.21. The van der Waals surface area contributed by atoms with Crippen molar-refractivity contribution in [2.45, 2.75) is 65.2 Å². The van der Waals surface area contributed by atoms with Crippen LogP contribution in [0.3, 0.4) is 0 Å². The Morgan fingerprint density at radius 2 is 1.59 bits per heavy atom. The molecule has 22 heavy (non-hydrogen) atoms. The number of carbonyl (C=O) groups is 1. The summed E-state index contributed by atoms with van der Waals surface area (Å²) in [5.74, 6) is 0.0171. The van der Waals surface area contributed by atoms with Crippen molar-refractivity contribution in [3.63, 3.8) is 0 Å². The highest BCUT2D eigenvalue weighted by molar-refractivity contribution is 5.90. The average Bonchev–Trinajstić information content (AvgIpc) is 2.48. The molecule has 0 saturated heterocycles. The van der Waals surface area contributed by atoms with Gasteiger partial charge in [-0.1, -0.05) is 70.2 Å². The second-order valence-electron chi connectivity index (χ2n) is 5.64. The van der Waals surface area contributed by atoms with Crippen LogP contribution in [0.4, 0.5) is 0 Å². The van der Waals surface area contributed by atoms with Gasteiger partial charge < -0.3 is 10.8 Å². The van der Waals surface area contributed by atoms with Crippen molar-refractivity contribution in [3.05, 3.63) is 42.0 Å². The van der Waals surface area contributed by atoms with E-state index in [9.17, 15) is 9.90 Å². The van der Waals surface area contributed by atoms with E-state index in [1.807, 2.05) is 18.2 Å². The van der Waals surface area contributed by atoms with Gasteiger partial charge in [0.25, 0.3) is 0 Å². The van der Waals surface area contributed by atoms with E-state index in [1.54, 1.807) is 13.0 Å². The fourth-order valence-corrected chi connectivity index (χ4v) is 1.99. The predicted octanol–water partition coefficient (Wildman–Crippen LogP) is 4.73. The van der Waals surface area contributed by atoms with Crippen molar-refractivity contribution in [1.82, 2.24) is 0 Å². The first-order valence-corrected chi connectivity index (χ1v) is 8.21. The lowest BCUT2D eigenvalue weighted by atomic mass is 10.0. The van der Waals surface area contributed by atoms with Gasteiger partial charge in [-0.25, -0.2) is 0 Å². The topological polar surface area (TPSA) is 63.3 Å². The van der Waals surface area contributed by atoms with Gasteiger partial charge in [0.2, 0.25) is 5.91 Å². The van der Waals surface area contributed by atoms with Crippen LogP contribution in [-0.4, -0.2) is 11.0 Å². The summed E-state index contributed by atoms with van der Waals surface area (Å²) in [6, 6.07) is 7.67. The molecule has 3 heteroatoms. The molecule has 0 radical (unpaired) electrons. The Balaban J connectivity index is 0.000000626. The maximum atomic E-state index is 9.82. The first-order chi connectivity index (χ1) is 10.5. The minimum Gasteiger partial charge on any atom is -0.508 e. The van der Waals surface area contributed by atoms with Gasteiger partial charge in [-0.15, -0.1) is 0 Å². The molecule has 1 rings (SSSR count). The number of para-hydroxylation sites is 1. The number of phenols is 1. The summed E-state index contributed by atoms with van der Waals surface area (Å²) in [5, 5.41) is 9.58.